The van der Waals surface area contributed by atoms with Gasteiger partial charge in [0, 0.05) is 5.28 Å². The van der Waals surface area contributed by atoms with Gasteiger partial charge < -0.3 is 0 Å². The summed E-state index contributed by atoms with van der Waals surface area (Å²) in [5.41, 5.74) is 0. The summed E-state index contributed by atoms with van der Waals surface area (Å²) in [4.78, 5) is 0. The Hall–Kier alpha value is -0.450. The lowest BCUT2D eigenvalue weighted by Gasteiger charge is -1.73. The summed E-state index contributed by atoms with van der Waals surface area (Å²) in [5, 5.41) is 6.26. The van der Waals surface area contributed by atoms with Crippen LogP contribution in [0.2, 0.25) is 0 Å². The Kier molecular flexibility index (Phi) is 0.831. The molecule has 0 saturated heterocycles. The molecule has 0 aromatic rings. The average Bonchev–Trinajstić information content (AvgIpc) is 1.86. The Morgan fingerprint density at radius 2 is 2.67 bits per heavy atom. The van der Waals surface area contributed by atoms with Crippen LogP contribution in [0.25, 0.3) is 0 Å². The Morgan fingerprint density at radius 1 is 1.83 bits per heavy atom. The average molecular weight is 106 g/mol. The molecular weight excluding hydrogens is 104 g/mol. The van der Waals surface area contributed by atoms with Crippen LogP contribution < -0.4 is 0 Å². The first kappa shape index (κ1) is 3.73. The lowest BCUT2D eigenvalue weighted by Crippen LogP contribution is -1.84. The lowest BCUT2D eigenvalue weighted by atomic mass is 11.5. The molecule has 0 amide bonds. The molecule has 4 nitrogen and oxygen atoms in total. The maximum atomic E-state index is 9.94. The van der Waals surface area contributed by atoms with Gasteiger partial charge in [0.05, 0.1) is 0 Å². The summed E-state index contributed by atoms with van der Waals surface area (Å²) < 4.78 is 14.0. The smallest absolute Gasteiger partial charge is 0.258 e. The first-order valence-corrected chi connectivity index (χ1v) is 2.56. The zero-order valence-corrected chi connectivity index (χ0v) is 3.64. The van der Waals surface area contributed by atoms with Gasteiger partial charge in [0.15, 0.2) is 5.88 Å². The fourth-order valence-corrected chi connectivity index (χ4v) is 0.465. The second-order valence-corrected chi connectivity index (χ2v) is 1.75. The second-order valence-electron chi connectivity index (χ2n) is 0.730. The van der Waals surface area contributed by atoms with E-state index in [2.05, 4.69) is 14.7 Å². The highest BCUT2D eigenvalue weighted by atomic mass is 32.2. The molecule has 0 fully saturated rings. The number of nitrogens with zero attached hydrogens (tertiary/aromatic N) is 2. The monoisotopic (exact) mass is 106 g/mol. The van der Waals surface area contributed by atoms with E-state index in [0.717, 1.165) is 0 Å². The van der Waals surface area contributed by atoms with Gasteiger partial charge in [0.2, 0.25) is 0 Å². The Bertz CT molecular complexity index is 89.7. The van der Waals surface area contributed by atoms with Crippen molar-refractivity contribution >= 4 is 11.1 Å². The van der Waals surface area contributed by atoms with Crippen molar-refractivity contribution in [3.63, 3.8) is 0 Å². The van der Waals surface area contributed by atoms with Crippen LogP contribution in [0.5, 0.6) is 0 Å². The number of hydrogen-bond acceptors (Lipinski definition) is 4. The van der Waals surface area contributed by atoms with Gasteiger partial charge in [-0.15, -0.1) is 5.11 Å². The van der Waals surface area contributed by atoms with E-state index in [1.54, 1.807) is 0 Å². The molecule has 0 saturated carbocycles. The van der Waals surface area contributed by atoms with E-state index >= 15 is 0 Å². The van der Waals surface area contributed by atoms with Crippen LogP contribution in [0, 0.1) is 0 Å². The molecule has 34 valence electrons. The third kappa shape index (κ3) is 0.538. The molecule has 0 N–H and O–H groups in total. The van der Waals surface area contributed by atoms with Crippen molar-refractivity contribution in [1.29, 1.82) is 0 Å². The van der Waals surface area contributed by atoms with Gasteiger partial charge in [0.25, 0.3) is 11.1 Å². The van der Waals surface area contributed by atoms with Crippen LogP contribution in [0.4, 0.5) is 0 Å². The fourth-order valence-electron chi connectivity index (χ4n) is 0.155. The predicted octanol–water partition coefficient (Wildman–Crippen LogP) is 0.00500. The summed E-state index contributed by atoms with van der Waals surface area (Å²) in [7, 11) is 0. The summed E-state index contributed by atoms with van der Waals surface area (Å²) in [5.74, 6) is 0.194. The maximum absolute atomic E-state index is 9.94. The molecule has 5 heteroatoms. The van der Waals surface area contributed by atoms with Gasteiger partial charge in [-0.05, 0) is 0 Å². The summed E-state index contributed by atoms with van der Waals surface area (Å²) in [6.07, 6.45) is 0. The zero-order valence-electron chi connectivity index (χ0n) is 2.83. The minimum absolute atomic E-state index is 0.194. The molecule has 0 aromatic heterocycles. The van der Waals surface area contributed by atoms with Gasteiger partial charge in [-0.3, -0.25) is 4.28 Å². The molecule has 1 aliphatic heterocycles. The predicted molar refractivity (Wildman–Crippen MR) is 19.0 cm³/mol. The van der Waals surface area contributed by atoms with Gasteiger partial charge in [-0.1, -0.05) is 0 Å². The van der Waals surface area contributed by atoms with Crippen molar-refractivity contribution in [3.05, 3.63) is 0 Å². The van der Waals surface area contributed by atoms with Gasteiger partial charge in [-0.25, -0.2) is 4.21 Å². The molecule has 1 unspecified atom stereocenters. The van der Waals surface area contributed by atoms with Crippen LogP contribution in [-0.2, 0) is 15.4 Å². The maximum Gasteiger partial charge on any atom is 0.258 e. The molecule has 0 aromatic carbocycles. The summed E-state index contributed by atoms with van der Waals surface area (Å²) in [6, 6.07) is 0. The van der Waals surface area contributed by atoms with Gasteiger partial charge in [-0.2, -0.15) is 0 Å². The lowest BCUT2D eigenvalue weighted by molar-refractivity contribution is 0.364. The molecule has 1 heterocycles. The third-order valence-corrected chi connectivity index (χ3v) is 0.897. The van der Waals surface area contributed by atoms with Crippen molar-refractivity contribution in [2.75, 3.05) is 5.88 Å². The molecule has 0 spiro atoms. The van der Waals surface area contributed by atoms with Gasteiger partial charge >= 0.3 is 0 Å². The topological polar surface area (TPSA) is 51.0 Å². The third-order valence-electron chi connectivity index (χ3n) is 0.337. The first-order chi connectivity index (χ1) is 2.89. The van der Waals surface area contributed by atoms with Crippen LogP contribution >= 0.6 is 0 Å². The van der Waals surface area contributed by atoms with Gasteiger partial charge in [0.1, 0.15) is 0 Å². The van der Waals surface area contributed by atoms with E-state index in [-0.39, 0.29) is 5.88 Å². The molecule has 6 heavy (non-hydrogen) atoms. The van der Waals surface area contributed by atoms with E-state index < -0.39 is 11.1 Å². The highest BCUT2D eigenvalue weighted by Crippen LogP contribution is 1.96. The molecule has 0 aliphatic carbocycles. The summed E-state index contributed by atoms with van der Waals surface area (Å²) in [6.45, 7) is 0. The van der Waals surface area contributed by atoms with Crippen LogP contribution in [0.15, 0.2) is 10.4 Å². The van der Waals surface area contributed by atoms with Crippen molar-refractivity contribution in [1.82, 2.24) is 0 Å². The van der Waals surface area contributed by atoms with E-state index in [9.17, 15) is 4.21 Å². The first-order valence-electron chi connectivity index (χ1n) is 1.32. The normalized spacial score (nSPS) is 30.3. The number of rotatable bonds is 0. The molecule has 1 aliphatic rings. The Morgan fingerprint density at radius 3 is 2.83 bits per heavy atom. The van der Waals surface area contributed by atoms with Crippen LogP contribution in [0.1, 0.15) is 0 Å². The molecular formula is CH2N2O2S. The number of hydrogen-bond donors (Lipinski definition) is 0. The molecule has 1 rings (SSSR count). The minimum Gasteiger partial charge on any atom is -0.271 e. The van der Waals surface area contributed by atoms with Crippen LogP contribution in [-0.4, -0.2) is 10.1 Å². The quantitative estimate of drug-likeness (QED) is 0.436. The molecule has 0 bridgehead atoms. The molecule has 1 atom stereocenters. The highest BCUT2D eigenvalue weighted by Gasteiger charge is 2.02. The zero-order chi connectivity index (χ0) is 4.41. The Labute approximate surface area is 36.8 Å². The second kappa shape index (κ2) is 1.34. The SMILES string of the molecule is O=S1CN=NO1. The minimum atomic E-state index is -1.26. The van der Waals surface area contributed by atoms with Crippen molar-refractivity contribution in [3.8, 4) is 0 Å². The van der Waals surface area contributed by atoms with E-state index in [1.807, 2.05) is 0 Å². The standard InChI is InChI=1S/CH2N2O2S/c4-6-1-2-3-5-6/h1H2. The summed E-state index contributed by atoms with van der Waals surface area (Å²) >= 11 is -1.26. The van der Waals surface area contributed by atoms with E-state index in [4.69, 9.17) is 0 Å². The Balaban J connectivity index is 2.52. The molecule has 0 radical (unpaired) electrons. The van der Waals surface area contributed by atoms with Crippen LogP contribution in [0.3, 0.4) is 0 Å². The largest absolute Gasteiger partial charge is 0.271 e. The van der Waals surface area contributed by atoms with Crippen molar-refractivity contribution in [2.24, 2.45) is 10.4 Å². The fraction of sp³-hybridized carbons (Fsp3) is 1.00. The highest BCUT2D eigenvalue weighted by molar-refractivity contribution is 7.80. The van der Waals surface area contributed by atoms with E-state index in [0.29, 0.717) is 0 Å². The van der Waals surface area contributed by atoms with Crippen molar-refractivity contribution in [2.45, 2.75) is 0 Å². The van der Waals surface area contributed by atoms with E-state index in [1.165, 1.54) is 0 Å². The van der Waals surface area contributed by atoms with Crippen molar-refractivity contribution < 1.29 is 8.49 Å².